The van der Waals surface area contributed by atoms with Crippen molar-refractivity contribution < 1.29 is 14.7 Å². The molecule has 0 aromatic heterocycles. The molecule has 0 aliphatic rings. The summed E-state index contributed by atoms with van der Waals surface area (Å²) in [7, 11) is 0. The third-order valence-electron chi connectivity index (χ3n) is 2.66. The van der Waals surface area contributed by atoms with Crippen molar-refractivity contribution in [3.8, 4) is 0 Å². The van der Waals surface area contributed by atoms with Crippen LogP contribution in [0.3, 0.4) is 0 Å². The van der Waals surface area contributed by atoms with Crippen LogP contribution in [0, 0.1) is 0 Å². The van der Waals surface area contributed by atoms with E-state index >= 15 is 0 Å². The highest BCUT2D eigenvalue weighted by molar-refractivity contribution is 5.91. The topological polar surface area (TPSA) is 78.4 Å². The number of anilines is 1. The first-order valence-corrected chi connectivity index (χ1v) is 6.55. The number of carbonyl (C=O) groups is 2. The van der Waals surface area contributed by atoms with E-state index in [1.54, 1.807) is 24.3 Å². The molecule has 0 fully saturated rings. The van der Waals surface area contributed by atoms with E-state index in [2.05, 4.69) is 10.6 Å². The average Bonchev–Trinajstić information content (AvgIpc) is 2.37. The number of carbonyl (C=O) groups excluding carboxylic acids is 1. The summed E-state index contributed by atoms with van der Waals surface area (Å²) < 4.78 is 0. The molecule has 1 rings (SSSR count). The Balaban J connectivity index is 2.52. The Bertz CT molecular complexity index is 480. The molecule has 20 heavy (non-hydrogen) atoms. The molecular formula is C15H20N2O3. The van der Waals surface area contributed by atoms with Crippen LogP contribution in [0.2, 0.25) is 0 Å². The molecular weight excluding hydrogens is 256 g/mol. The summed E-state index contributed by atoms with van der Waals surface area (Å²) in [6.45, 7) is 4.79. The summed E-state index contributed by atoms with van der Waals surface area (Å²) in [6, 6.07) is 7.14. The third kappa shape index (κ3) is 6.15. The normalized spacial score (nSPS) is 12.3. The molecule has 0 spiro atoms. The fraction of sp³-hybridized carbons (Fsp3) is 0.333. The molecule has 1 amide bonds. The molecule has 0 saturated heterocycles. The van der Waals surface area contributed by atoms with Crippen LogP contribution >= 0.6 is 0 Å². The first-order valence-electron chi connectivity index (χ1n) is 6.55. The maximum absolute atomic E-state index is 11.8. The van der Waals surface area contributed by atoms with Crippen molar-refractivity contribution in [3.63, 3.8) is 0 Å². The lowest BCUT2D eigenvalue weighted by atomic mass is 10.2. The van der Waals surface area contributed by atoms with Crippen LogP contribution in [0.1, 0.15) is 25.8 Å². The van der Waals surface area contributed by atoms with Gasteiger partial charge in [0.05, 0.1) is 0 Å². The minimum Gasteiger partial charge on any atom is -0.478 e. The lowest BCUT2D eigenvalue weighted by molar-refractivity contribution is -0.131. The number of aliphatic carboxylic acids is 1. The number of carboxylic acids is 1. The fourth-order valence-corrected chi connectivity index (χ4v) is 1.76. The van der Waals surface area contributed by atoms with E-state index in [0.29, 0.717) is 12.1 Å². The molecule has 0 aliphatic carbocycles. The summed E-state index contributed by atoms with van der Waals surface area (Å²) in [5, 5.41) is 14.5. The van der Waals surface area contributed by atoms with Crippen molar-refractivity contribution in [3.05, 3.63) is 35.9 Å². The molecule has 0 radical (unpaired) electrons. The van der Waals surface area contributed by atoms with Crippen LogP contribution in [0.5, 0.6) is 0 Å². The van der Waals surface area contributed by atoms with Gasteiger partial charge < -0.3 is 15.7 Å². The lowest BCUT2D eigenvalue weighted by Gasteiger charge is -2.12. The van der Waals surface area contributed by atoms with Gasteiger partial charge in [-0.15, -0.1) is 0 Å². The number of hydrogen-bond donors (Lipinski definition) is 3. The monoisotopic (exact) mass is 276 g/mol. The van der Waals surface area contributed by atoms with Gasteiger partial charge in [0, 0.05) is 24.2 Å². The van der Waals surface area contributed by atoms with Crippen LogP contribution < -0.4 is 10.6 Å². The third-order valence-corrected chi connectivity index (χ3v) is 2.66. The summed E-state index contributed by atoms with van der Waals surface area (Å²) >= 11 is 0. The molecule has 5 nitrogen and oxygen atoms in total. The minimum atomic E-state index is -0.986. The first-order chi connectivity index (χ1) is 9.51. The van der Waals surface area contributed by atoms with Crippen molar-refractivity contribution in [1.29, 1.82) is 0 Å². The van der Waals surface area contributed by atoms with Crippen molar-refractivity contribution in [2.24, 2.45) is 0 Å². The van der Waals surface area contributed by atoms with Gasteiger partial charge in [-0.3, -0.25) is 4.79 Å². The smallest absolute Gasteiger partial charge is 0.328 e. The van der Waals surface area contributed by atoms with Gasteiger partial charge in [0.15, 0.2) is 0 Å². The molecule has 3 N–H and O–H groups in total. The second-order valence-corrected chi connectivity index (χ2v) is 4.50. The Labute approximate surface area is 118 Å². The first kappa shape index (κ1) is 15.9. The highest BCUT2D eigenvalue weighted by atomic mass is 16.4. The zero-order valence-electron chi connectivity index (χ0n) is 11.7. The molecule has 5 heteroatoms. The van der Waals surface area contributed by atoms with Gasteiger partial charge in [-0.1, -0.05) is 19.1 Å². The molecule has 1 unspecified atom stereocenters. The highest BCUT2D eigenvalue weighted by Crippen LogP contribution is 2.11. The second kappa shape index (κ2) is 8.12. The van der Waals surface area contributed by atoms with E-state index in [1.807, 2.05) is 13.8 Å². The van der Waals surface area contributed by atoms with E-state index in [4.69, 9.17) is 5.11 Å². The van der Waals surface area contributed by atoms with E-state index in [1.165, 1.54) is 6.08 Å². The van der Waals surface area contributed by atoms with Crippen molar-refractivity contribution in [1.82, 2.24) is 5.32 Å². The number of rotatable bonds is 7. The van der Waals surface area contributed by atoms with E-state index in [-0.39, 0.29) is 11.9 Å². The van der Waals surface area contributed by atoms with Gasteiger partial charge in [0.25, 0.3) is 0 Å². The number of amides is 1. The van der Waals surface area contributed by atoms with Gasteiger partial charge in [-0.05, 0) is 37.2 Å². The molecule has 0 aliphatic heterocycles. The predicted octanol–water partition coefficient (Wildman–Crippen LogP) is 2.11. The zero-order chi connectivity index (χ0) is 15.0. The van der Waals surface area contributed by atoms with E-state index in [0.717, 1.165) is 18.2 Å². The van der Waals surface area contributed by atoms with Gasteiger partial charge in [0.2, 0.25) is 5.91 Å². The van der Waals surface area contributed by atoms with Gasteiger partial charge in [0.1, 0.15) is 0 Å². The number of benzene rings is 1. The van der Waals surface area contributed by atoms with Crippen LogP contribution in [0.4, 0.5) is 5.69 Å². The van der Waals surface area contributed by atoms with E-state index < -0.39 is 5.97 Å². The van der Waals surface area contributed by atoms with Crippen LogP contribution in [-0.4, -0.2) is 29.6 Å². The Morgan fingerprint density at radius 3 is 2.50 bits per heavy atom. The quantitative estimate of drug-likeness (QED) is 0.666. The maximum Gasteiger partial charge on any atom is 0.328 e. The Hall–Kier alpha value is -2.14. The summed E-state index contributed by atoms with van der Waals surface area (Å²) in [4.78, 5) is 22.1. The molecule has 0 heterocycles. The molecule has 108 valence electrons. The van der Waals surface area contributed by atoms with Gasteiger partial charge in [-0.25, -0.2) is 4.79 Å². The maximum atomic E-state index is 11.8. The number of carboxylic acid groups (broad SMARTS) is 1. The second-order valence-electron chi connectivity index (χ2n) is 4.50. The van der Waals surface area contributed by atoms with Crippen molar-refractivity contribution in [2.45, 2.75) is 26.3 Å². The Kier molecular flexibility index (Phi) is 6.46. The Morgan fingerprint density at radius 2 is 1.95 bits per heavy atom. The summed E-state index contributed by atoms with van der Waals surface area (Å²) in [5.41, 5.74) is 1.47. The van der Waals surface area contributed by atoms with Gasteiger partial charge in [-0.2, -0.15) is 0 Å². The molecule has 1 atom stereocenters. The van der Waals surface area contributed by atoms with Gasteiger partial charge >= 0.3 is 5.97 Å². The summed E-state index contributed by atoms with van der Waals surface area (Å²) in [5.74, 6) is -1.04. The summed E-state index contributed by atoms with van der Waals surface area (Å²) in [6.07, 6.45) is 2.99. The average molecular weight is 276 g/mol. The molecule has 0 bridgehead atoms. The van der Waals surface area contributed by atoms with Crippen molar-refractivity contribution >= 4 is 23.6 Å². The predicted molar refractivity (Wildman–Crippen MR) is 79.5 cm³/mol. The largest absolute Gasteiger partial charge is 0.478 e. The molecule has 0 saturated carbocycles. The SMILES string of the molecule is CCNC(C)CC(=O)Nc1ccc(/C=C/C(=O)O)cc1. The van der Waals surface area contributed by atoms with Crippen LogP contribution in [-0.2, 0) is 9.59 Å². The van der Waals surface area contributed by atoms with Crippen molar-refractivity contribution in [2.75, 3.05) is 11.9 Å². The molecule has 1 aromatic rings. The number of hydrogen-bond acceptors (Lipinski definition) is 3. The minimum absolute atomic E-state index is 0.0488. The van der Waals surface area contributed by atoms with E-state index in [9.17, 15) is 9.59 Å². The molecule has 1 aromatic carbocycles. The highest BCUT2D eigenvalue weighted by Gasteiger charge is 2.07. The number of nitrogens with one attached hydrogen (secondary N) is 2. The fourth-order valence-electron chi connectivity index (χ4n) is 1.76. The lowest BCUT2D eigenvalue weighted by Crippen LogP contribution is -2.30. The Morgan fingerprint density at radius 1 is 1.30 bits per heavy atom. The van der Waals surface area contributed by atoms with Crippen LogP contribution in [0.15, 0.2) is 30.3 Å². The van der Waals surface area contributed by atoms with Crippen LogP contribution in [0.25, 0.3) is 6.08 Å². The standard InChI is InChI=1S/C15H20N2O3/c1-3-16-11(2)10-14(18)17-13-7-4-12(5-8-13)6-9-15(19)20/h4-9,11,16H,3,10H2,1-2H3,(H,17,18)(H,19,20)/b9-6+. The zero-order valence-corrected chi connectivity index (χ0v) is 11.7.